The lowest BCUT2D eigenvalue weighted by molar-refractivity contribution is 0.0951. The zero-order chi connectivity index (χ0) is 24.1. The van der Waals surface area contributed by atoms with Crippen molar-refractivity contribution in [2.45, 2.75) is 37.2 Å². The number of piperazine rings is 1. The Morgan fingerprint density at radius 2 is 1.65 bits per heavy atom. The number of likely N-dealkylation sites (N-methyl/N-ethyl adjacent to an activating group) is 1. The van der Waals surface area contributed by atoms with E-state index in [9.17, 15) is 13.2 Å². The fourth-order valence-corrected chi connectivity index (χ4v) is 6.16. The number of carbonyl (C=O) groups excluding carboxylic acids is 1. The van der Waals surface area contributed by atoms with Gasteiger partial charge in [-0.25, -0.2) is 8.42 Å². The third-order valence-corrected chi connectivity index (χ3v) is 8.81. The van der Waals surface area contributed by atoms with Gasteiger partial charge in [0.25, 0.3) is 5.91 Å². The highest BCUT2D eigenvalue weighted by Crippen LogP contribution is 2.24. The van der Waals surface area contributed by atoms with Gasteiger partial charge in [0, 0.05) is 39.3 Å². The van der Waals surface area contributed by atoms with Crippen molar-refractivity contribution in [2.24, 2.45) is 0 Å². The van der Waals surface area contributed by atoms with Gasteiger partial charge in [0.05, 0.1) is 15.5 Å². The van der Waals surface area contributed by atoms with Crippen LogP contribution in [0.1, 0.15) is 40.7 Å². The molecule has 2 saturated heterocycles. The van der Waals surface area contributed by atoms with E-state index in [2.05, 4.69) is 27.2 Å². The van der Waals surface area contributed by atoms with Gasteiger partial charge in [-0.3, -0.25) is 9.69 Å². The van der Waals surface area contributed by atoms with Crippen LogP contribution in [0.15, 0.2) is 47.4 Å². The maximum Gasteiger partial charge on any atom is 0.253 e. The first-order chi connectivity index (χ1) is 16.3. The van der Waals surface area contributed by atoms with Crippen LogP contribution < -0.4 is 5.32 Å². The van der Waals surface area contributed by atoms with Gasteiger partial charge in [-0.1, -0.05) is 42.3 Å². The summed E-state index contributed by atoms with van der Waals surface area (Å²) >= 11 is 6.28. The summed E-state index contributed by atoms with van der Waals surface area (Å²) in [4.78, 5) is 17.6. The molecular weight excluding hydrogens is 472 g/mol. The highest BCUT2D eigenvalue weighted by Gasteiger charge is 2.28. The summed E-state index contributed by atoms with van der Waals surface area (Å²) in [5, 5.41) is 3.13. The fraction of sp³-hybridized carbons (Fsp3) is 0.480. The molecule has 0 aromatic heterocycles. The number of halogens is 1. The van der Waals surface area contributed by atoms with E-state index in [1.165, 1.54) is 47.3 Å². The number of piperidine rings is 1. The molecule has 0 radical (unpaired) electrons. The molecule has 0 bridgehead atoms. The standard InChI is InChI=1S/C25H33ClN4O3S/c1-28-12-14-30(15-13-28)34(32,33)22-8-9-24(26)23(17-22)25(31)27-18-20-6-5-7-21(16-20)19-29-10-3-2-4-11-29/h5-9,16-17H,2-4,10-15,18-19H2,1H3,(H,27,31). The summed E-state index contributed by atoms with van der Waals surface area (Å²) in [6, 6.07) is 12.6. The molecule has 2 heterocycles. The molecule has 184 valence electrons. The van der Waals surface area contributed by atoms with Crippen LogP contribution in [0.4, 0.5) is 0 Å². The summed E-state index contributed by atoms with van der Waals surface area (Å²) in [6.07, 6.45) is 3.81. The zero-order valence-electron chi connectivity index (χ0n) is 19.7. The van der Waals surface area contributed by atoms with Crippen molar-refractivity contribution in [1.29, 1.82) is 0 Å². The van der Waals surface area contributed by atoms with Crippen molar-refractivity contribution in [3.63, 3.8) is 0 Å². The lowest BCUT2D eigenvalue weighted by Crippen LogP contribution is -2.47. The minimum atomic E-state index is -3.68. The molecule has 34 heavy (non-hydrogen) atoms. The molecule has 7 nitrogen and oxygen atoms in total. The van der Waals surface area contributed by atoms with Gasteiger partial charge in [-0.05, 0) is 62.3 Å². The molecule has 2 aliphatic heterocycles. The van der Waals surface area contributed by atoms with Gasteiger partial charge >= 0.3 is 0 Å². The third-order valence-electron chi connectivity index (χ3n) is 6.58. The molecule has 2 fully saturated rings. The Morgan fingerprint density at radius 3 is 2.38 bits per heavy atom. The van der Waals surface area contributed by atoms with Crippen molar-refractivity contribution >= 4 is 27.5 Å². The van der Waals surface area contributed by atoms with Crippen LogP contribution in [0.3, 0.4) is 0 Å². The van der Waals surface area contributed by atoms with Crippen molar-refractivity contribution < 1.29 is 13.2 Å². The van der Waals surface area contributed by atoms with Gasteiger partial charge in [0.2, 0.25) is 10.0 Å². The second-order valence-corrected chi connectivity index (χ2v) is 11.5. The van der Waals surface area contributed by atoms with E-state index in [0.717, 1.165) is 25.2 Å². The number of carbonyl (C=O) groups is 1. The number of benzene rings is 2. The zero-order valence-corrected chi connectivity index (χ0v) is 21.2. The molecule has 2 aromatic carbocycles. The number of hydrogen-bond donors (Lipinski definition) is 1. The number of sulfonamides is 1. The van der Waals surface area contributed by atoms with Crippen molar-refractivity contribution in [3.8, 4) is 0 Å². The SMILES string of the molecule is CN1CCN(S(=O)(=O)c2ccc(Cl)c(C(=O)NCc3cccc(CN4CCCCC4)c3)c2)CC1. The normalized spacial score (nSPS) is 18.6. The smallest absolute Gasteiger partial charge is 0.253 e. The molecule has 2 aliphatic rings. The first-order valence-electron chi connectivity index (χ1n) is 11.9. The second-order valence-electron chi connectivity index (χ2n) is 9.19. The number of likely N-dealkylation sites (tertiary alicyclic amines) is 1. The summed E-state index contributed by atoms with van der Waals surface area (Å²) < 4.78 is 27.6. The summed E-state index contributed by atoms with van der Waals surface area (Å²) in [6.45, 7) is 5.74. The Labute approximate surface area is 207 Å². The van der Waals surface area contributed by atoms with Gasteiger partial charge < -0.3 is 10.2 Å². The molecule has 4 rings (SSSR count). The summed E-state index contributed by atoms with van der Waals surface area (Å²) in [5.74, 6) is -0.387. The van der Waals surface area contributed by atoms with Crippen LogP contribution in [0.2, 0.25) is 5.02 Å². The van der Waals surface area contributed by atoms with Crippen LogP contribution in [-0.2, 0) is 23.1 Å². The van der Waals surface area contributed by atoms with Gasteiger partial charge in [-0.2, -0.15) is 4.31 Å². The van der Waals surface area contributed by atoms with Crippen LogP contribution in [0, 0.1) is 0 Å². The van der Waals surface area contributed by atoms with Crippen LogP contribution in [-0.4, -0.2) is 74.7 Å². The minimum absolute atomic E-state index is 0.0927. The van der Waals surface area contributed by atoms with E-state index >= 15 is 0 Å². The number of nitrogens with one attached hydrogen (secondary N) is 1. The largest absolute Gasteiger partial charge is 0.348 e. The number of amides is 1. The maximum atomic E-state index is 13.1. The molecule has 2 aromatic rings. The lowest BCUT2D eigenvalue weighted by Gasteiger charge is -2.31. The maximum absolute atomic E-state index is 13.1. The van der Waals surface area contributed by atoms with Gasteiger partial charge in [0.15, 0.2) is 0 Å². The monoisotopic (exact) mass is 504 g/mol. The van der Waals surface area contributed by atoms with Crippen LogP contribution in [0.25, 0.3) is 0 Å². The Kier molecular flexibility index (Phi) is 8.26. The fourth-order valence-electron chi connectivity index (χ4n) is 4.51. The molecular formula is C25H33ClN4O3S. The average Bonchev–Trinajstić information content (AvgIpc) is 2.84. The van der Waals surface area contributed by atoms with Crippen molar-refractivity contribution in [1.82, 2.24) is 19.4 Å². The summed E-state index contributed by atoms with van der Waals surface area (Å²) in [7, 11) is -1.71. The predicted octanol–water partition coefficient (Wildman–Crippen LogP) is 3.19. The van der Waals surface area contributed by atoms with Gasteiger partial charge in [0.1, 0.15) is 0 Å². The molecule has 1 amide bonds. The quantitative estimate of drug-likeness (QED) is 0.627. The van der Waals surface area contributed by atoms with E-state index in [0.29, 0.717) is 32.7 Å². The third kappa shape index (κ3) is 6.17. The highest BCUT2D eigenvalue weighted by molar-refractivity contribution is 7.89. The van der Waals surface area contributed by atoms with E-state index < -0.39 is 10.0 Å². The Hall–Kier alpha value is -1.97. The molecule has 0 aliphatic carbocycles. The Bertz CT molecular complexity index is 1110. The van der Waals surface area contributed by atoms with Crippen LogP contribution in [0.5, 0.6) is 0 Å². The van der Waals surface area contributed by atoms with Gasteiger partial charge in [-0.15, -0.1) is 0 Å². The van der Waals surface area contributed by atoms with E-state index in [1.807, 2.05) is 19.2 Å². The summed E-state index contributed by atoms with van der Waals surface area (Å²) in [5.41, 5.74) is 2.40. The van der Waals surface area contributed by atoms with Crippen LogP contribution >= 0.6 is 11.6 Å². The average molecular weight is 505 g/mol. The predicted molar refractivity (Wildman–Crippen MR) is 134 cm³/mol. The molecule has 0 unspecified atom stereocenters. The molecule has 9 heteroatoms. The number of rotatable bonds is 7. The van der Waals surface area contributed by atoms with Crippen molar-refractivity contribution in [3.05, 3.63) is 64.2 Å². The van der Waals surface area contributed by atoms with E-state index in [1.54, 1.807) is 0 Å². The topological polar surface area (TPSA) is 73.0 Å². The number of nitrogens with zero attached hydrogens (tertiary/aromatic N) is 3. The molecule has 0 atom stereocenters. The Balaban J connectivity index is 1.42. The van der Waals surface area contributed by atoms with E-state index in [4.69, 9.17) is 11.6 Å². The molecule has 0 spiro atoms. The molecule has 1 N–H and O–H groups in total. The Morgan fingerprint density at radius 1 is 0.941 bits per heavy atom. The molecule has 0 saturated carbocycles. The lowest BCUT2D eigenvalue weighted by atomic mass is 10.1. The first-order valence-corrected chi connectivity index (χ1v) is 13.7. The second kappa shape index (κ2) is 11.2. The van der Waals surface area contributed by atoms with E-state index in [-0.39, 0.29) is 21.4 Å². The van der Waals surface area contributed by atoms with Crippen molar-refractivity contribution in [2.75, 3.05) is 46.3 Å². The minimum Gasteiger partial charge on any atom is -0.348 e. The highest BCUT2D eigenvalue weighted by atomic mass is 35.5. The first kappa shape index (κ1) is 25.1. The number of hydrogen-bond acceptors (Lipinski definition) is 5.